The monoisotopic (exact) mass is 213 g/mol. The van der Waals surface area contributed by atoms with Crippen molar-refractivity contribution < 1.29 is 4.79 Å². The van der Waals surface area contributed by atoms with Crippen LogP contribution in [0.15, 0.2) is 18.2 Å². The lowest BCUT2D eigenvalue weighted by molar-refractivity contribution is 0.108. The van der Waals surface area contributed by atoms with Crippen molar-refractivity contribution in [3.63, 3.8) is 0 Å². The molecule has 0 amide bonds. The van der Waals surface area contributed by atoms with Crippen molar-refractivity contribution in [2.24, 2.45) is 0 Å². The van der Waals surface area contributed by atoms with Crippen LogP contribution in [0.3, 0.4) is 0 Å². The van der Waals surface area contributed by atoms with Crippen molar-refractivity contribution >= 4 is 34.1 Å². The zero-order valence-corrected chi connectivity index (χ0v) is 8.06. The Labute approximate surface area is 85.9 Å². The van der Waals surface area contributed by atoms with Crippen LogP contribution >= 0.6 is 23.2 Å². The summed E-state index contributed by atoms with van der Waals surface area (Å²) in [6.07, 6.45) is 0. The number of alkyl halides is 1. The van der Waals surface area contributed by atoms with E-state index in [1.165, 1.54) is 6.07 Å². The van der Waals surface area contributed by atoms with Crippen LogP contribution in [0.25, 0.3) is 4.85 Å². The van der Waals surface area contributed by atoms with Crippen LogP contribution in [0.5, 0.6) is 0 Å². The van der Waals surface area contributed by atoms with Crippen molar-refractivity contribution in [3.05, 3.63) is 40.7 Å². The van der Waals surface area contributed by atoms with E-state index in [-0.39, 0.29) is 5.88 Å². The van der Waals surface area contributed by atoms with Gasteiger partial charge < -0.3 is 0 Å². The lowest BCUT2D eigenvalue weighted by atomic mass is 10.1. The van der Waals surface area contributed by atoms with E-state index in [0.717, 1.165) is 0 Å². The molecule has 0 bridgehead atoms. The van der Waals surface area contributed by atoms with Crippen LogP contribution in [-0.4, -0.2) is 5.24 Å². The first-order valence-corrected chi connectivity index (χ1v) is 4.36. The number of carbonyl (C=O) groups is 1. The average molecular weight is 214 g/mol. The summed E-state index contributed by atoms with van der Waals surface area (Å²) in [6, 6.07) is 4.62. The third-order valence-corrected chi connectivity index (χ3v) is 2.07. The topological polar surface area (TPSA) is 21.4 Å². The van der Waals surface area contributed by atoms with Gasteiger partial charge in [-0.05, 0) is 17.2 Å². The smallest absolute Gasteiger partial charge is 0.252 e. The van der Waals surface area contributed by atoms with Crippen molar-refractivity contribution in [2.45, 2.75) is 5.88 Å². The van der Waals surface area contributed by atoms with Crippen LogP contribution in [0, 0.1) is 6.57 Å². The summed E-state index contributed by atoms with van der Waals surface area (Å²) in [5.41, 5.74) is 1.41. The zero-order valence-electron chi connectivity index (χ0n) is 6.55. The van der Waals surface area contributed by atoms with Gasteiger partial charge in [0.15, 0.2) is 5.69 Å². The van der Waals surface area contributed by atoms with Gasteiger partial charge in [-0.2, -0.15) is 0 Å². The molecule has 0 fully saturated rings. The molecule has 2 nitrogen and oxygen atoms in total. The minimum atomic E-state index is -0.549. The number of nitrogens with zero attached hydrogens (tertiary/aromatic N) is 1. The van der Waals surface area contributed by atoms with Gasteiger partial charge in [-0.3, -0.25) is 4.79 Å². The van der Waals surface area contributed by atoms with Gasteiger partial charge in [0, 0.05) is 11.4 Å². The number of rotatable bonds is 2. The van der Waals surface area contributed by atoms with Crippen molar-refractivity contribution in [3.8, 4) is 0 Å². The first-order chi connectivity index (χ1) is 6.19. The Morgan fingerprint density at radius 2 is 2.23 bits per heavy atom. The molecule has 0 saturated carbocycles. The Kier molecular flexibility index (Phi) is 3.30. The summed E-state index contributed by atoms with van der Waals surface area (Å²) in [4.78, 5) is 14.1. The molecular weight excluding hydrogens is 209 g/mol. The van der Waals surface area contributed by atoms with Crippen molar-refractivity contribution in [2.75, 3.05) is 0 Å². The fourth-order valence-electron chi connectivity index (χ4n) is 0.952. The van der Waals surface area contributed by atoms with Crippen LogP contribution in [0.1, 0.15) is 15.9 Å². The predicted octanol–water partition coefficient (Wildman–Crippen LogP) is 3.36. The molecule has 0 aliphatic heterocycles. The van der Waals surface area contributed by atoms with Gasteiger partial charge in [-0.15, -0.1) is 11.6 Å². The maximum Gasteiger partial charge on any atom is 0.252 e. The van der Waals surface area contributed by atoms with E-state index in [1.54, 1.807) is 12.1 Å². The molecule has 0 saturated heterocycles. The highest BCUT2D eigenvalue weighted by Gasteiger charge is 2.08. The van der Waals surface area contributed by atoms with Crippen molar-refractivity contribution in [1.29, 1.82) is 0 Å². The lowest BCUT2D eigenvalue weighted by Gasteiger charge is -2.01. The van der Waals surface area contributed by atoms with Crippen LogP contribution < -0.4 is 0 Å². The van der Waals surface area contributed by atoms with Gasteiger partial charge in [0.2, 0.25) is 0 Å². The Morgan fingerprint density at radius 1 is 1.54 bits per heavy atom. The molecule has 0 spiro atoms. The van der Waals surface area contributed by atoms with E-state index in [0.29, 0.717) is 16.8 Å². The summed E-state index contributed by atoms with van der Waals surface area (Å²) in [5, 5.41) is -0.549. The highest BCUT2D eigenvalue weighted by Crippen LogP contribution is 2.21. The van der Waals surface area contributed by atoms with Gasteiger partial charge >= 0.3 is 0 Å². The molecule has 66 valence electrons. The van der Waals surface area contributed by atoms with E-state index < -0.39 is 5.24 Å². The van der Waals surface area contributed by atoms with Crippen molar-refractivity contribution in [1.82, 2.24) is 0 Å². The predicted molar refractivity (Wildman–Crippen MR) is 52.4 cm³/mol. The molecule has 0 aromatic heterocycles. The van der Waals surface area contributed by atoms with E-state index in [4.69, 9.17) is 29.8 Å². The second-order valence-corrected chi connectivity index (χ2v) is 2.97. The van der Waals surface area contributed by atoms with Gasteiger partial charge in [-0.25, -0.2) is 4.85 Å². The molecule has 0 atom stereocenters. The molecule has 0 N–H and O–H groups in total. The Bertz CT molecular complexity index is 382. The van der Waals surface area contributed by atoms with E-state index in [1.807, 2.05) is 0 Å². The summed E-state index contributed by atoms with van der Waals surface area (Å²) < 4.78 is 0. The molecule has 1 aromatic rings. The van der Waals surface area contributed by atoms with Crippen LogP contribution in [-0.2, 0) is 5.88 Å². The summed E-state index contributed by atoms with van der Waals surface area (Å²) in [5.74, 6) is 0.178. The van der Waals surface area contributed by atoms with Gasteiger partial charge in [0.1, 0.15) is 0 Å². The molecule has 13 heavy (non-hydrogen) atoms. The average Bonchev–Trinajstić information content (AvgIpc) is 2.16. The maximum atomic E-state index is 10.9. The lowest BCUT2D eigenvalue weighted by Crippen LogP contribution is -1.94. The minimum absolute atomic E-state index is 0.178. The number of benzene rings is 1. The molecular formula is C9H5Cl2NO. The molecule has 0 aliphatic carbocycles. The largest absolute Gasteiger partial charge is 0.276 e. The highest BCUT2D eigenvalue weighted by atomic mass is 35.5. The number of carbonyl (C=O) groups excluding carboxylic acids is 1. The molecule has 0 radical (unpaired) electrons. The molecule has 0 heterocycles. The number of halogens is 2. The molecule has 0 unspecified atom stereocenters. The number of hydrogen-bond acceptors (Lipinski definition) is 1. The summed E-state index contributed by atoms with van der Waals surface area (Å²) >= 11 is 10.9. The van der Waals surface area contributed by atoms with E-state index in [2.05, 4.69) is 4.85 Å². The third-order valence-electron chi connectivity index (χ3n) is 1.57. The Hall–Kier alpha value is -1.04. The molecule has 4 heteroatoms. The fourth-order valence-corrected chi connectivity index (χ4v) is 1.36. The zero-order chi connectivity index (χ0) is 9.84. The third kappa shape index (κ3) is 2.21. The van der Waals surface area contributed by atoms with Gasteiger partial charge in [0.05, 0.1) is 6.57 Å². The van der Waals surface area contributed by atoms with Gasteiger partial charge in [-0.1, -0.05) is 18.2 Å². The second-order valence-electron chi connectivity index (χ2n) is 2.36. The first kappa shape index (κ1) is 10.0. The molecule has 1 rings (SSSR count). The standard InChI is InChI=1S/C9H5Cl2NO/c1-12-7-2-3-8(9(11)13)6(4-7)5-10/h2-4H,5H2. The van der Waals surface area contributed by atoms with Gasteiger partial charge in [0.25, 0.3) is 5.24 Å². The van der Waals surface area contributed by atoms with E-state index >= 15 is 0 Å². The molecule has 1 aromatic carbocycles. The summed E-state index contributed by atoms with van der Waals surface area (Å²) in [7, 11) is 0. The first-order valence-electron chi connectivity index (χ1n) is 3.45. The summed E-state index contributed by atoms with van der Waals surface area (Å²) in [6.45, 7) is 6.76. The normalized spacial score (nSPS) is 9.31. The molecule has 0 aliphatic rings. The highest BCUT2D eigenvalue weighted by molar-refractivity contribution is 6.68. The van der Waals surface area contributed by atoms with Crippen LogP contribution in [0.4, 0.5) is 5.69 Å². The maximum absolute atomic E-state index is 10.9. The minimum Gasteiger partial charge on any atom is -0.276 e. The van der Waals surface area contributed by atoms with E-state index in [9.17, 15) is 4.79 Å². The fraction of sp³-hybridized carbons (Fsp3) is 0.111. The quantitative estimate of drug-likeness (QED) is 0.420. The Balaban J connectivity index is 3.25. The second kappa shape index (κ2) is 4.27. The SMILES string of the molecule is [C-]#[N+]c1ccc(C(=O)Cl)c(CCl)c1. The number of hydrogen-bond donors (Lipinski definition) is 0. The Morgan fingerprint density at radius 3 is 2.69 bits per heavy atom. The van der Waals surface area contributed by atoms with Crippen LogP contribution in [0.2, 0.25) is 0 Å².